The summed E-state index contributed by atoms with van der Waals surface area (Å²) < 4.78 is 16.8. The summed E-state index contributed by atoms with van der Waals surface area (Å²) in [5.41, 5.74) is 0. The van der Waals surface area contributed by atoms with Gasteiger partial charge in [0, 0.05) is 19.3 Å². The Hall–Kier alpha value is -3.15. The van der Waals surface area contributed by atoms with Gasteiger partial charge in [-0.2, -0.15) is 0 Å². The quantitative estimate of drug-likeness (QED) is 0.0262. The predicted molar refractivity (Wildman–Crippen MR) is 270 cm³/mol. The lowest BCUT2D eigenvalue weighted by Crippen LogP contribution is -2.30. The van der Waals surface area contributed by atoms with Crippen molar-refractivity contribution in [2.75, 3.05) is 13.2 Å². The number of rotatable bonds is 47. The van der Waals surface area contributed by atoms with Gasteiger partial charge in [-0.15, -0.1) is 0 Å². The van der Waals surface area contributed by atoms with Crippen LogP contribution in [0.5, 0.6) is 0 Å². The zero-order valence-corrected chi connectivity index (χ0v) is 41.3. The fourth-order valence-corrected chi connectivity index (χ4v) is 7.11. The molecule has 0 spiro atoms. The summed E-state index contributed by atoms with van der Waals surface area (Å²) in [5.74, 6) is -0.936. The van der Waals surface area contributed by atoms with Crippen LogP contribution in [0.25, 0.3) is 0 Å². The number of carbonyl (C=O) groups excluding carboxylic acids is 3. The lowest BCUT2D eigenvalue weighted by atomic mass is 10.1. The summed E-state index contributed by atoms with van der Waals surface area (Å²) in [7, 11) is 0. The minimum atomic E-state index is -0.793. The molecule has 362 valence electrons. The molecule has 0 amide bonds. The van der Waals surface area contributed by atoms with E-state index in [1.807, 2.05) is 0 Å². The monoisotopic (exact) mass is 879 g/mol. The van der Waals surface area contributed by atoms with E-state index in [0.717, 1.165) is 96.3 Å². The van der Waals surface area contributed by atoms with E-state index in [4.69, 9.17) is 14.2 Å². The Balaban J connectivity index is 4.41. The van der Waals surface area contributed by atoms with Gasteiger partial charge in [-0.25, -0.2) is 0 Å². The minimum absolute atomic E-state index is 0.0914. The van der Waals surface area contributed by atoms with Crippen molar-refractivity contribution < 1.29 is 28.6 Å². The molecule has 6 nitrogen and oxygen atoms in total. The van der Waals surface area contributed by atoms with E-state index < -0.39 is 6.10 Å². The molecular weight excluding hydrogens is 781 g/mol. The van der Waals surface area contributed by atoms with Crippen molar-refractivity contribution in [3.8, 4) is 0 Å². The molecule has 0 saturated carbocycles. The highest BCUT2D eigenvalue weighted by Crippen LogP contribution is 2.14. The molecule has 0 rings (SSSR count). The molecule has 0 aliphatic rings. The number of esters is 3. The van der Waals surface area contributed by atoms with Gasteiger partial charge in [0.25, 0.3) is 0 Å². The van der Waals surface area contributed by atoms with Crippen molar-refractivity contribution >= 4 is 17.9 Å². The third-order valence-electron chi connectivity index (χ3n) is 11.2. The first-order chi connectivity index (χ1) is 31.0. The molecule has 6 heteroatoms. The van der Waals surface area contributed by atoms with Gasteiger partial charge in [0.1, 0.15) is 13.2 Å². The largest absolute Gasteiger partial charge is 0.462 e. The van der Waals surface area contributed by atoms with Crippen molar-refractivity contribution in [1.29, 1.82) is 0 Å². The van der Waals surface area contributed by atoms with Gasteiger partial charge >= 0.3 is 17.9 Å². The second-order valence-electron chi connectivity index (χ2n) is 17.4. The maximum Gasteiger partial charge on any atom is 0.306 e. The topological polar surface area (TPSA) is 78.9 Å². The first kappa shape index (κ1) is 59.9. The molecule has 0 bridgehead atoms. The van der Waals surface area contributed by atoms with Crippen LogP contribution in [-0.2, 0) is 28.6 Å². The summed E-state index contributed by atoms with van der Waals surface area (Å²) in [4.78, 5) is 38.0. The summed E-state index contributed by atoms with van der Waals surface area (Å²) in [6, 6.07) is 0. The smallest absolute Gasteiger partial charge is 0.306 e. The molecule has 63 heavy (non-hydrogen) atoms. The summed E-state index contributed by atoms with van der Waals surface area (Å²) in [6.45, 7) is 6.52. The average molecular weight is 879 g/mol. The third-order valence-corrected chi connectivity index (χ3v) is 11.2. The molecule has 0 N–H and O–H groups in total. The van der Waals surface area contributed by atoms with Gasteiger partial charge in [0.05, 0.1) is 0 Å². The normalized spacial score (nSPS) is 12.6. The predicted octanol–water partition coefficient (Wildman–Crippen LogP) is 17.4. The fourth-order valence-electron chi connectivity index (χ4n) is 7.11. The van der Waals surface area contributed by atoms with Crippen molar-refractivity contribution in [3.63, 3.8) is 0 Å². The van der Waals surface area contributed by atoms with Crippen LogP contribution in [0.4, 0.5) is 0 Å². The van der Waals surface area contributed by atoms with Crippen molar-refractivity contribution in [3.05, 3.63) is 72.9 Å². The van der Waals surface area contributed by atoms with Crippen LogP contribution in [0.3, 0.4) is 0 Å². The summed E-state index contributed by atoms with van der Waals surface area (Å²) >= 11 is 0. The highest BCUT2D eigenvalue weighted by molar-refractivity contribution is 5.71. The van der Waals surface area contributed by atoms with E-state index in [0.29, 0.717) is 19.3 Å². The average Bonchev–Trinajstić information content (AvgIpc) is 3.28. The van der Waals surface area contributed by atoms with Crippen LogP contribution in [-0.4, -0.2) is 37.2 Å². The summed E-state index contributed by atoms with van der Waals surface area (Å²) in [6.07, 6.45) is 64.5. The van der Waals surface area contributed by atoms with Crippen LogP contribution < -0.4 is 0 Å². The first-order valence-corrected chi connectivity index (χ1v) is 26.4. The number of ether oxygens (including phenoxy) is 3. The number of allylic oxidation sites excluding steroid dienone is 12. The van der Waals surface area contributed by atoms with E-state index in [9.17, 15) is 14.4 Å². The van der Waals surface area contributed by atoms with Gasteiger partial charge < -0.3 is 14.2 Å². The van der Waals surface area contributed by atoms with Gasteiger partial charge in [-0.1, -0.05) is 196 Å². The Morgan fingerprint density at radius 1 is 0.317 bits per heavy atom. The van der Waals surface area contributed by atoms with Crippen LogP contribution in [0.1, 0.15) is 252 Å². The Kier molecular flexibility index (Phi) is 48.9. The summed E-state index contributed by atoms with van der Waals surface area (Å²) in [5, 5.41) is 0. The molecule has 0 aromatic rings. The number of hydrogen-bond acceptors (Lipinski definition) is 6. The fraction of sp³-hybridized carbons (Fsp3) is 0.737. The molecule has 0 unspecified atom stereocenters. The maximum atomic E-state index is 12.8. The Labute approximate surface area is 389 Å². The Bertz CT molecular complexity index is 1190. The van der Waals surface area contributed by atoms with Crippen molar-refractivity contribution in [2.45, 2.75) is 258 Å². The van der Waals surface area contributed by atoms with Crippen LogP contribution >= 0.6 is 0 Å². The van der Waals surface area contributed by atoms with E-state index in [1.54, 1.807) is 0 Å². The highest BCUT2D eigenvalue weighted by atomic mass is 16.6. The molecule has 0 aliphatic heterocycles. The standard InChI is InChI=1S/C57H98O6/c1-4-7-10-13-16-19-22-24-26-27-28-29-31-33-36-38-41-44-47-50-56(59)62-53-54(63-57(60)51-48-45-42-39-34-21-18-15-12-9-6-3)52-61-55(58)49-46-43-40-37-35-32-30-25-23-20-17-14-11-8-5-2/h15-16,18-20,23-24,26,28-29,33,36,54H,4-14,17,21-22,25,27,30-32,34-35,37-53H2,1-3H3/b18-15-,19-16-,23-20-,26-24-,29-28-,36-33-/t54-/m0/s1. The first-order valence-electron chi connectivity index (χ1n) is 26.4. The SMILES string of the molecule is CCCC/C=C\CCCCCCCC(=O)O[C@H](COC(=O)CCCCC/C=C\C/C=C\C/C=C\C/C=C\CCCCC)COC(=O)CCCCCCCCC/C=C\CCCCCC. The van der Waals surface area contributed by atoms with Gasteiger partial charge in [-0.05, 0) is 109 Å². The van der Waals surface area contributed by atoms with Gasteiger partial charge in [0.2, 0.25) is 0 Å². The third kappa shape index (κ3) is 49.7. The van der Waals surface area contributed by atoms with E-state index in [-0.39, 0.29) is 31.1 Å². The molecule has 1 atom stereocenters. The minimum Gasteiger partial charge on any atom is -0.462 e. The molecule has 0 aromatic heterocycles. The Morgan fingerprint density at radius 2 is 0.587 bits per heavy atom. The number of hydrogen-bond donors (Lipinski definition) is 0. The number of unbranched alkanes of at least 4 members (excludes halogenated alkanes) is 24. The molecule has 0 radical (unpaired) electrons. The van der Waals surface area contributed by atoms with Crippen LogP contribution in [0.15, 0.2) is 72.9 Å². The van der Waals surface area contributed by atoms with Gasteiger partial charge in [0.15, 0.2) is 6.10 Å². The van der Waals surface area contributed by atoms with Crippen LogP contribution in [0.2, 0.25) is 0 Å². The zero-order chi connectivity index (χ0) is 45.8. The molecular formula is C57H98O6. The van der Waals surface area contributed by atoms with E-state index in [2.05, 4.69) is 93.7 Å². The maximum absolute atomic E-state index is 12.8. The number of carbonyl (C=O) groups is 3. The highest BCUT2D eigenvalue weighted by Gasteiger charge is 2.19. The van der Waals surface area contributed by atoms with Crippen LogP contribution in [0, 0.1) is 0 Å². The molecule has 0 saturated heterocycles. The Morgan fingerprint density at radius 3 is 1.00 bits per heavy atom. The molecule has 0 aromatic carbocycles. The van der Waals surface area contributed by atoms with Crippen molar-refractivity contribution in [2.24, 2.45) is 0 Å². The van der Waals surface area contributed by atoms with Crippen molar-refractivity contribution in [1.82, 2.24) is 0 Å². The van der Waals surface area contributed by atoms with Gasteiger partial charge in [-0.3, -0.25) is 14.4 Å². The lowest BCUT2D eigenvalue weighted by molar-refractivity contribution is -0.167. The molecule has 0 fully saturated rings. The zero-order valence-electron chi connectivity index (χ0n) is 41.3. The lowest BCUT2D eigenvalue weighted by Gasteiger charge is -2.18. The molecule has 0 heterocycles. The molecule has 0 aliphatic carbocycles. The van der Waals surface area contributed by atoms with E-state index in [1.165, 1.54) is 116 Å². The second kappa shape index (κ2) is 51.5. The second-order valence-corrected chi connectivity index (χ2v) is 17.4. The van der Waals surface area contributed by atoms with E-state index >= 15 is 0 Å².